The van der Waals surface area contributed by atoms with Gasteiger partial charge in [0.05, 0.1) is 17.6 Å². The largest absolute Gasteiger partial charge is 0.489 e. The van der Waals surface area contributed by atoms with Crippen LogP contribution in [0.2, 0.25) is 0 Å². The lowest BCUT2D eigenvalue weighted by Gasteiger charge is -2.13. The van der Waals surface area contributed by atoms with Crippen LogP contribution in [0.4, 0.5) is 0 Å². The van der Waals surface area contributed by atoms with E-state index in [9.17, 15) is 0 Å². The number of ether oxygens (including phenoxy) is 3. The zero-order valence-electron chi connectivity index (χ0n) is 17.9. The highest BCUT2D eigenvalue weighted by Crippen LogP contribution is 2.23. The minimum absolute atomic E-state index is 0. The molecule has 1 aliphatic rings. The number of fused-ring (bicyclic) bond motifs is 1. The zero-order valence-corrected chi connectivity index (χ0v) is 19.5. The molecule has 32 heavy (non-hydrogen) atoms. The number of imidazole rings is 1. The highest BCUT2D eigenvalue weighted by Gasteiger charge is 2.16. The molecular weight excluding hydrogens is 453 g/mol. The van der Waals surface area contributed by atoms with E-state index in [1.165, 1.54) is 0 Å². The molecule has 0 bridgehead atoms. The molecule has 174 valence electrons. The molecule has 1 aliphatic heterocycles. The average molecular weight is 482 g/mol. The maximum atomic E-state index is 7.65. The SMILES string of the molecule is COCCn1c(COc2ccc(OC3CCNC3)cc2)nc2cc(C(=N)N)ccc21.Cl.Cl. The lowest BCUT2D eigenvalue weighted by atomic mass is 10.2. The molecular formula is C22H29Cl2N5O3. The van der Waals surface area contributed by atoms with Crippen molar-refractivity contribution in [3.63, 3.8) is 0 Å². The van der Waals surface area contributed by atoms with Gasteiger partial charge in [-0.25, -0.2) is 4.98 Å². The Bertz CT molecular complexity index is 1020. The Morgan fingerprint density at radius 1 is 1.19 bits per heavy atom. The third-order valence-corrected chi connectivity index (χ3v) is 5.17. The molecule has 8 nitrogen and oxygen atoms in total. The van der Waals surface area contributed by atoms with Crippen LogP contribution in [-0.2, 0) is 17.9 Å². The summed E-state index contributed by atoms with van der Waals surface area (Å²) >= 11 is 0. The van der Waals surface area contributed by atoms with E-state index in [0.717, 1.165) is 47.9 Å². The molecule has 0 radical (unpaired) electrons. The number of aromatic nitrogens is 2. The fourth-order valence-corrected chi connectivity index (χ4v) is 3.57. The van der Waals surface area contributed by atoms with Crippen molar-refractivity contribution in [2.24, 2.45) is 5.73 Å². The smallest absolute Gasteiger partial charge is 0.148 e. The van der Waals surface area contributed by atoms with Gasteiger partial charge in [0.1, 0.15) is 35.9 Å². The van der Waals surface area contributed by atoms with Crippen LogP contribution in [0.25, 0.3) is 11.0 Å². The summed E-state index contributed by atoms with van der Waals surface area (Å²) in [6.45, 7) is 3.44. The molecule has 1 aromatic heterocycles. The van der Waals surface area contributed by atoms with Gasteiger partial charge in [-0.3, -0.25) is 5.41 Å². The number of halogens is 2. The first kappa shape index (κ1) is 25.7. The van der Waals surface area contributed by atoms with Crippen molar-refractivity contribution in [3.05, 3.63) is 53.9 Å². The maximum absolute atomic E-state index is 7.65. The van der Waals surface area contributed by atoms with Crippen molar-refractivity contribution in [3.8, 4) is 11.5 Å². The number of nitrogens with two attached hydrogens (primary N) is 1. The number of hydrogen-bond donors (Lipinski definition) is 3. The summed E-state index contributed by atoms with van der Waals surface area (Å²) in [4.78, 5) is 4.71. The summed E-state index contributed by atoms with van der Waals surface area (Å²) < 4.78 is 19.3. The van der Waals surface area contributed by atoms with Crippen LogP contribution in [0.15, 0.2) is 42.5 Å². The van der Waals surface area contributed by atoms with Crippen LogP contribution in [0, 0.1) is 5.41 Å². The lowest BCUT2D eigenvalue weighted by Crippen LogP contribution is -2.19. The van der Waals surface area contributed by atoms with Crippen molar-refractivity contribution in [1.29, 1.82) is 5.41 Å². The van der Waals surface area contributed by atoms with Crippen LogP contribution in [0.3, 0.4) is 0 Å². The lowest BCUT2D eigenvalue weighted by molar-refractivity contribution is 0.185. The number of benzene rings is 2. The summed E-state index contributed by atoms with van der Waals surface area (Å²) in [5, 5.41) is 10.9. The molecule has 1 atom stereocenters. The highest BCUT2D eigenvalue weighted by molar-refractivity contribution is 5.98. The number of methoxy groups -OCH3 is 1. The van der Waals surface area contributed by atoms with Gasteiger partial charge in [0, 0.05) is 25.8 Å². The molecule has 0 aliphatic carbocycles. The molecule has 0 saturated carbocycles. The molecule has 0 spiro atoms. The second-order valence-electron chi connectivity index (χ2n) is 7.28. The summed E-state index contributed by atoms with van der Waals surface area (Å²) in [5.74, 6) is 2.42. The zero-order chi connectivity index (χ0) is 20.9. The number of nitrogen functional groups attached to an aromatic ring is 1. The van der Waals surface area contributed by atoms with Crippen molar-refractivity contribution in [1.82, 2.24) is 14.9 Å². The highest BCUT2D eigenvalue weighted by atomic mass is 35.5. The third kappa shape index (κ3) is 6.04. The van der Waals surface area contributed by atoms with Crippen LogP contribution in [0.5, 0.6) is 11.5 Å². The van der Waals surface area contributed by atoms with Gasteiger partial charge in [-0.1, -0.05) is 0 Å². The third-order valence-electron chi connectivity index (χ3n) is 5.17. The van der Waals surface area contributed by atoms with E-state index in [1.54, 1.807) is 7.11 Å². The van der Waals surface area contributed by atoms with Crippen LogP contribution in [-0.4, -0.2) is 48.3 Å². The molecule has 2 heterocycles. The molecule has 3 aromatic rings. The molecule has 4 rings (SSSR count). The Labute approximate surface area is 199 Å². The van der Waals surface area contributed by atoms with E-state index in [-0.39, 0.29) is 36.8 Å². The summed E-state index contributed by atoms with van der Waals surface area (Å²) in [7, 11) is 1.68. The average Bonchev–Trinajstić information content (AvgIpc) is 3.38. The second kappa shape index (κ2) is 11.9. The monoisotopic (exact) mass is 481 g/mol. The Morgan fingerprint density at radius 3 is 2.59 bits per heavy atom. The molecule has 0 amide bonds. The van der Waals surface area contributed by atoms with Crippen LogP contribution in [0.1, 0.15) is 17.8 Å². The number of nitrogens with one attached hydrogen (secondary N) is 2. The Morgan fingerprint density at radius 2 is 1.94 bits per heavy atom. The van der Waals surface area contributed by atoms with E-state index >= 15 is 0 Å². The first-order valence-electron chi connectivity index (χ1n) is 10.1. The van der Waals surface area contributed by atoms with Gasteiger partial charge >= 0.3 is 0 Å². The molecule has 1 fully saturated rings. The Kier molecular flexibility index (Phi) is 9.59. The number of hydrogen-bond acceptors (Lipinski definition) is 6. The minimum atomic E-state index is 0. The fraction of sp³-hybridized carbons (Fsp3) is 0.364. The van der Waals surface area contributed by atoms with Gasteiger partial charge in [0.25, 0.3) is 0 Å². The van der Waals surface area contributed by atoms with E-state index < -0.39 is 0 Å². The normalized spacial score (nSPS) is 15.1. The van der Waals surface area contributed by atoms with Crippen molar-refractivity contribution < 1.29 is 14.2 Å². The number of rotatable bonds is 9. The van der Waals surface area contributed by atoms with Gasteiger partial charge in [0.2, 0.25) is 0 Å². The topological polar surface area (TPSA) is 107 Å². The molecule has 1 unspecified atom stereocenters. The summed E-state index contributed by atoms with van der Waals surface area (Å²) in [5.41, 5.74) is 8.02. The van der Waals surface area contributed by atoms with Crippen molar-refractivity contribution in [2.45, 2.75) is 25.7 Å². The summed E-state index contributed by atoms with van der Waals surface area (Å²) in [6.07, 6.45) is 1.26. The second-order valence-corrected chi connectivity index (χ2v) is 7.28. The van der Waals surface area contributed by atoms with Crippen LogP contribution < -0.4 is 20.5 Å². The maximum Gasteiger partial charge on any atom is 0.148 e. The quantitative estimate of drug-likeness (QED) is 0.320. The predicted octanol–water partition coefficient (Wildman–Crippen LogP) is 3.13. The molecule has 2 aromatic carbocycles. The first-order valence-corrected chi connectivity index (χ1v) is 10.1. The fourth-order valence-electron chi connectivity index (χ4n) is 3.57. The van der Waals surface area contributed by atoms with Crippen molar-refractivity contribution >= 4 is 41.7 Å². The predicted molar refractivity (Wildman–Crippen MR) is 130 cm³/mol. The Hall–Kier alpha value is -2.52. The van der Waals surface area contributed by atoms with E-state index in [1.807, 2.05) is 42.5 Å². The summed E-state index contributed by atoms with van der Waals surface area (Å²) in [6, 6.07) is 13.3. The van der Waals surface area contributed by atoms with Gasteiger partial charge in [-0.05, 0) is 55.4 Å². The molecule has 1 saturated heterocycles. The van der Waals surface area contributed by atoms with E-state index in [4.69, 9.17) is 30.3 Å². The van der Waals surface area contributed by atoms with Gasteiger partial charge in [0.15, 0.2) is 0 Å². The molecule has 4 N–H and O–H groups in total. The van der Waals surface area contributed by atoms with Crippen molar-refractivity contribution in [2.75, 3.05) is 26.8 Å². The standard InChI is InChI=1S/C22H27N5O3.2ClH/c1-28-11-10-27-20-7-2-15(22(23)24)12-19(20)26-21(27)14-29-16-3-5-17(6-4-16)30-18-8-9-25-13-18;;/h2-7,12,18,25H,8-11,13-14H2,1H3,(H3,23,24);2*1H. The van der Waals surface area contributed by atoms with Gasteiger partial charge in [-0.2, -0.15) is 0 Å². The van der Waals surface area contributed by atoms with Gasteiger partial charge < -0.3 is 29.8 Å². The number of nitrogens with zero attached hydrogens (tertiary/aromatic N) is 2. The van der Waals surface area contributed by atoms with E-state index in [2.05, 4.69) is 9.88 Å². The Balaban J connectivity index is 0.00000181. The van der Waals surface area contributed by atoms with Crippen LogP contribution >= 0.6 is 24.8 Å². The van der Waals surface area contributed by atoms with E-state index in [0.29, 0.717) is 25.3 Å². The van der Waals surface area contributed by atoms with Gasteiger partial charge in [-0.15, -0.1) is 24.8 Å². The molecule has 10 heteroatoms. The minimum Gasteiger partial charge on any atom is -0.489 e. The first-order chi connectivity index (χ1) is 14.6. The number of amidine groups is 1.